The highest BCUT2D eigenvalue weighted by Crippen LogP contribution is 2.29. The Balaban J connectivity index is 3.41. The Labute approximate surface area is 112 Å². The molecule has 1 rings (SSSR count). The number of rotatable bonds is 5. The van der Waals surface area contributed by atoms with Crippen molar-refractivity contribution in [3.63, 3.8) is 0 Å². The molecule has 0 saturated carbocycles. The van der Waals surface area contributed by atoms with Crippen LogP contribution in [0.2, 0.25) is 0 Å². The van der Waals surface area contributed by atoms with Crippen LogP contribution in [0.15, 0.2) is 23.1 Å². The number of nitro groups is 1. The summed E-state index contributed by atoms with van der Waals surface area (Å²) in [7, 11) is -2.50. The van der Waals surface area contributed by atoms with Crippen LogP contribution < -0.4 is 5.73 Å². The van der Waals surface area contributed by atoms with Gasteiger partial charge in [0.05, 0.1) is 4.92 Å². The van der Waals surface area contributed by atoms with Crippen molar-refractivity contribution in [3.8, 4) is 0 Å². The van der Waals surface area contributed by atoms with Crippen molar-refractivity contribution in [2.75, 3.05) is 12.8 Å². The highest BCUT2D eigenvalue weighted by Gasteiger charge is 2.31. The van der Waals surface area contributed by atoms with Crippen molar-refractivity contribution in [3.05, 3.63) is 28.3 Å². The van der Waals surface area contributed by atoms with E-state index in [-0.39, 0.29) is 16.6 Å². The first-order valence-corrected chi connectivity index (χ1v) is 7.17. The minimum Gasteiger partial charge on any atom is -0.399 e. The molecule has 0 amide bonds. The molecule has 8 heteroatoms. The van der Waals surface area contributed by atoms with Crippen molar-refractivity contribution in [1.82, 2.24) is 4.31 Å². The molecule has 0 aliphatic carbocycles. The molecular weight excluding hydrogens is 270 g/mol. The zero-order valence-electron chi connectivity index (χ0n) is 11.0. The van der Waals surface area contributed by atoms with Gasteiger partial charge in [0.1, 0.15) is 0 Å². The van der Waals surface area contributed by atoms with Gasteiger partial charge in [0, 0.05) is 24.8 Å². The van der Waals surface area contributed by atoms with Gasteiger partial charge in [-0.25, -0.2) is 8.42 Å². The maximum Gasteiger partial charge on any atom is 0.291 e. The van der Waals surface area contributed by atoms with Crippen molar-refractivity contribution >= 4 is 21.4 Å². The number of hydrogen-bond acceptors (Lipinski definition) is 5. The molecule has 0 heterocycles. The molecule has 0 bridgehead atoms. The monoisotopic (exact) mass is 287 g/mol. The second-order valence-electron chi connectivity index (χ2n) is 4.26. The molecule has 106 valence electrons. The fourth-order valence-electron chi connectivity index (χ4n) is 1.54. The van der Waals surface area contributed by atoms with E-state index in [1.165, 1.54) is 19.2 Å². The number of sulfonamides is 1. The first kappa shape index (κ1) is 15.4. The lowest BCUT2D eigenvalue weighted by molar-refractivity contribution is -0.387. The molecule has 0 radical (unpaired) electrons. The molecular formula is C11H17N3O4S. The van der Waals surface area contributed by atoms with Gasteiger partial charge in [-0.3, -0.25) is 10.1 Å². The van der Waals surface area contributed by atoms with E-state index >= 15 is 0 Å². The third-order valence-corrected chi connectivity index (χ3v) is 5.07. The summed E-state index contributed by atoms with van der Waals surface area (Å²) in [5.74, 6) is 0. The van der Waals surface area contributed by atoms with E-state index in [1.807, 2.05) is 6.92 Å². The van der Waals surface area contributed by atoms with Crippen molar-refractivity contribution in [2.24, 2.45) is 0 Å². The number of hydrogen-bond donors (Lipinski definition) is 1. The third-order valence-electron chi connectivity index (χ3n) is 3.05. The number of anilines is 1. The lowest BCUT2D eigenvalue weighted by Gasteiger charge is -2.23. The molecule has 1 unspecified atom stereocenters. The summed E-state index contributed by atoms with van der Waals surface area (Å²) in [4.78, 5) is 9.87. The van der Waals surface area contributed by atoms with Gasteiger partial charge < -0.3 is 5.73 Å². The van der Waals surface area contributed by atoms with Crippen LogP contribution in [0, 0.1) is 10.1 Å². The molecule has 19 heavy (non-hydrogen) atoms. The first-order valence-electron chi connectivity index (χ1n) is 5.73. The second kappa shape index (κ2) is 5.54. The molecule has 0 aliphatic heterocycles. The lowest BCUT2D eigenvalue weighted by Crippen LogP contribution is -2.34. The smallest absolute Gasteiger partial charge is 0.291 e. The third kappa shape index (κ3) is 3.02. The second-order valence-corrected chi connectivity index (χ2v) is 6.23. The topological polar surface area (TPSA) is 107 Å². The van der Waals surface area contributed by atoms with Crippen molar-refractivity contribution in [2.45, 2.75) is 31.2 Å². The normalized spacial score (nSPS) is 13.5. The van der Waals surface area contributed by atoms with Crippen LogP contribution in [0.1, 0.15) is 20.3 Å². The molecule has 0 saturated heterocycles. The van der Waals surface area contributed by atoms with Gasteiger partial charge in [-0.2, -0.15) is 4.31 Å². The van der Waals surface area contributed by atoms with Gasteiger partial charge in [0.15, 0.2) is 4.90 Å². The average Bonchev–Trinajstić information content (AvgIpc) is 2.36. The Kier molecular flexibility index (Phi) is 4.48. The summed E-state index contributed by atoms with van der Waals surface area (Å²) >= 11 is 0. The van der Waals surface area contributed by atoms with Gasteiger partial charge in [0.2, 0.25) is 10.0 Å². The van der Waals surface area contributed by atoms with Crippen LogP contribution in [0.4, 0.5) is 11.4 Å². The molecule has 0 aromatic heterocycles. The zero-order valence-corrected chi connectivity index (χ0v) is 11.8. The number of nitrogen functional groups attached to an aromatic ring is 1. The number of nitrogens with zero attached hydrogens (tertiary/aromatic N) is 2. The Bertz CT molecular complexity index is 586. The summed E-state index contributed by atoms with van der Waals surface area (Å²) in [5.41, 5.74) is 5.10. The Morgan fingerprint density at radius 2 is 2.05 bits per heavy atom. The van der Waals surface area contributed by atoms with Crippen LogP contribution in [0.5, 0.6) is 0 Å². The molecule has 1 atom stereocenters. The van der Waals surface area contributed by atoms with Crippen LogP contribution in [0.3, 0.4) is 0 Å². The van der Waals surface area contributed by atoms with E-state index in [0.29, 0.717) is 6.42 Å². The summed E-state index contributed by atoms with van der Waals surface area (Å²) in [6.45, 7) is 3.58. The van der Waals surface area contributed by atoms with Crippen LogP contribution in [-0.2, 0) is 10.0 Å². The predicted octanol–water partition coefficient (Wildman–Crippen LogP) is 1.60. The maximum atomic E-state index is 12.3. The van der Waals surface area contributed by atoms with E-state index < -0.39 is 20.6 Å². The minimum atomic E-state index is -3.91. The highest BCUT2D eigenvalue weighted by atomic mass is 32.2. The number of nitrogens with two attached hydrogens (primary N) is 1. The van der Waals surface area contributed by atoms with Crippen molar-refractivity contribution < 1.29 is 13.3 Å². The SMILES string of the molecule is CCC(C)N(C)S(=O)(=O)c1ccc(N)cc1[N+](=O)[O-]. The van der Waals surface area contributed by atoms with Gasteiger partial charge >= 0.3 is 0 Å². The Morgan fingerprint density at radius 1 is 1.47 bits per heavy atom. The molecule has 0 fully saturated rings. The number of benzene rings is 1. The van der Waals surface area contributed by atoms with Gasteiger partial charge in [0.25, 0.3) is 5.69 Å². The predicted molar refractivity (Wildman–Crippen MR) is 72.2 cm³/mol. The van der Waals surface area contributed by atoms with Gasteiger partial charge in [-0.1, -0.05) is 6.92 Å². The van der Waals surface area contributed by atoms with E-state index in [9.17, 15) is 18.5 Å². The summed E-state index contributed by atoms with van der Waals surface area (Å²) in [6.07, 6.45) is 0.610. The fraction of sp³-hybridized carbons (Fsp3) is 0.455. The van der Waals surface area contributed by atoms with Crippen LogP contribution >= 0.6 is 0 Å². The average molecular weight is 287 g/mol. The zero-order chi connectivity index (χ0) is 14.8. The molecule has 7 nitrogen and oxygen atoms in total. The Hall–Kier alpha value is -1.67. The molecule has 0 spiro atoms. The number of nitro benzene ring substituents is 1. The van der Waals surface area contributed by atoms with Gasteiger partial charge in [-0.15, -0.1) is 0 Å². The summed E-state index contributed by atoms with van der Waals surface area (Å²) in [6, 6.07) is 3.31. The lowest BCUT2D eigenvalue weighted by atomic mass is 10.3. The quantitative estimate of drug-likeness (QED) is 0.503. The molecule has 1 aromatic carbocycles. The Morgan fingerprint density at radius 3 is 2.53 bits per heavy atom. The summed E-state index contributed by atoms with van der Waals surface area (Å²) in [5, 5.41) is 10.9. The molecule has 1 aromatic rings. The van der Waals surface area contributed by atoms with E-state index in [1.54, 1.807) is 6.92 Å². The molecule has 2 N–H and O–H groups in total. The largest absolute Gasteiger partial charge is 0.399 e. The minimum absolute atomic E-state index is 0.150. The summed E-state index contributed by atoms with van der Waals surface area (Å²) < 4.78 is 25.8. The van der Waals surface area contributed by atoms with Gasteiger partial charge in [-0.05, 0) is 25.5 Å². The van der Waals surface area contributed by atoms with Crippen LogP contribution in [-0.4, -0.2) is 30.7 Å². The first-order chi connectivity index (χ1) is 8.71. The highest BCUT2D eigenvalue weighted by molar-refractivity contribution is 7.89. The van der Waals surface area contributed by atoms with Crippen LogP contribution in [0.25, 0.3) is 0 Å². The fourth-order valence-corrected chi connectivity index (χ4v) is 3.12. The molecule has 0 aliphatic rings. The standard InChI is InChI=1S/C11H17N3O4S/c1-4-8(2)13(3)19(17,18)11-6-5-9(12)7-10(11)14(15)16/h5-8H,4,12H2,1-3H3. The van der Waals surface area contributed by atoms with E-state index in [0.717, 1.165) is 10.4 Å². The maximum absolute atomic E-state index is 12.3. The van der Waals surface area contributed by atoms with E-state index in [2.05, 4.69) is 0 Å². The van der Waals surface area contributed by atoms with Crippen molar-refractivity contribution in [1.29, 1.82) is 0 Å². The van der Waals surface area contributed by atoms with E-state index in [4.69, 9.17) is 5.73 Å².